The van der Waals surface area contributed by atoms with Crippen molar-refractivity contribution in [3.63, 3.8) is 0 Å². The average molecular weight is 444 g/mol. The number of amides is 2. The molecule has 1 aliphatic heterocycles. The Morgan fingerprint density at radius 2 is 1.81 bits per heavy atom. The lowest BCUT2D eigenvalue weighted by molar-refractivity contribution is -0.117. The van der Waals surface area contributed by atoms with E-state index >= 15 is 0 Å². The number of para-hydroxylation sites is 1. The van der Waals surface area contributed by atoms with Gasteiger partial charge >= 0.3 is 0 Å². The molecule has 0 radical (unpaired) electrons. The maximum atomic E-state index is 12.8. The van der Waals surface area contributed by atoms with Crippen molar-refractivity contribution in [1.29, 1.82) is 0 Å². The predicted molar refractivity (Wildman–Crippen MR) is 124 cm³/mol. The van der Waals surface area contributed by atoms with Gasteiger partial charge in [0.2, 0.25) is 11.7 Å². The summed E-state index contributed by atoms with van der Waals surface area (Å²) in [5.41, 5.74) is 2.68. The Morgan fingerprint density at radius 1 is 1.00 bits per heavy atom. The van der Waals surface area contributed by atoms with Gasteiger partial charge in [0.15, 0.2) is 5.82 Å². The maximum absolute atomic E-state index is 12.8. The van der Waals surface area contributed by atoms with Gasteiger partial charge in [-0.15, -0.1) is 16.4 Å². The van der Waals surface area contributed by atoms with Crippen molar-refractivity contribution in [2.24, 2.45) is 0 Å². The zero-order valence-electron chi connectivity index (χ0n) is 17.3. The molecule has 8 heteroatoms. The lowest BCUT2D eigenvalue weighted by atomic mass is 10.2. The van der Waals surface area contributed by atoms with E-state index in [1.54, 1.807) is 20.9 Å². The van der Waals surface area contributed by atoms with Crippen LogP contribution in [0.1, 0.15) is 29.0 Å². The van der Waals surface area contributed by atoms with E-state index in [2.05, 4.69) is 15.4 Å². The molecule has 2 aromatic carbocycles. The number of anilines is 1. The molecular formula is C24H21N5O2S. The summed E-state index contributed by atoms with van der Waals surface area (Å²) in [7, 11) is 0. The van der Waals surface area contributed by atoms with Crippen LogP contribution in [0.15, 0.2) is 72.1 Å². The summed E-state index contributed by atoms with van der Waals surface area (Å²) >= 11 is 1.55. The number of carbonyl (C=O) groups excluding carboxylic acids is 2. The summed E-state index contributed by atoms with van der Waals surface area (Å²) in [5.74, 6) is 0.580. The third-order valence-corrected chi connectivity index (χ3v) is 6.19. The van der Waals surface area contributed by atoms with E-state index in [1.165, 1.54) is 0 Å². The fourth-order valence-electron chi connectivity index (χ4n) is 3.70. The van der Waals surface area contributed by atoms with Gasteiger partial charge in [-0.3, -0.25) is 9.59 Å². The van der Waals surface area contributed by atoms with Crippen LogP contribution in [0.25, 0.3) is 16.4 Å². The summed E-state index contributed by atoms with van der Waals surface area (Å²) in [6.45, 7) is 1.11. The molecule has 2 aromatic heterocycles. The van der Waals surface area contributed by atoms with E-state index in [1.807, 2.05) is 72.1 Å². The molecule has 5 rings (SSSR count). The predicted octanol–water partition coefficient (Wildman–Crippen LogP) is 4.05. The van der Waals surface area contributed by atoms with Crippen molar-refractivity contribution in [3.05, 3.63) is 83.5 Å². The average Bonchev–Trinajstić information content (AvgIpc) is 3.59. The monoisotopic (exact) mass is 443 g/mol. The largest absolute Gasteiger partial charge is 0.345 e. The van der Waals surface area contributed by atoms with Crippen molar-refractivity contribution in [2.45, 2.75) is 19.4 Å². The van der Waals surface area contributed by atoms with E-state index in [0.717, 1.165) is 34.8 Å². The third-order valence-electron chi connectivity index (χ3n) is 5.33. The number of nitrogens with zero attached hydrogens (tertiary/aromatic N) is 4. The number of hydrogen-bond acceptors (Lipinski definition) is 5. The van der Waals surface area contributed by atoms with Gasteiger partial charge in [-0.2, -0.15) is 0 Å². The molecule has 0 aliphatic carbocycles. The van der Waals surface area contributed by atoms with E-state index in [-0.39, 0.29) is 17.6 Å². The molecule has 1 saturated heterocycles. The van der Waals surface area contributed by atoms with E-state index in [0.29, 0.717) is 18.8 Å². The molecule has 4 aromatic rings. The van der Waals surface area contributed by atoms with E-state index in [4.69, 9.17) is 0 Å². The lowest BCUT2D eigenvalue weighted by Crippen LogP contribution is -2.25. The Hall–Kier alpha value is -3.78. The fourth-order valence-corrected chi connectivity index (χ4v) is 4.40. The van der Waals surface area contributed by atoms with Gasteiger partial charge in [-0.1, -0.05) is 36.4 Å². The molecule has 7 nitrogen and oxygen atoms in total. The molecule has 3 heterocycles. The minimum Gasteiger partial charge on any atom is -0.345 e. The molecule has 32 heavy (non-hydrogen) atoms. The maximum Gasteiger partial charge on any atom is 0.291 e. The zero-order valence-corrected chi connectivity index (χ0v) is 18.1. The first kappa shape index (κ1) is 20.1. The number of thiophene rings is 1. The highest BCUT2D eigenvalue weighted by Crippen LogP contribution is 2.25. The SMILES string of the molecule is O=C(NCc1ccc(N2CCCC2=O)cc1)c1nc(-c2cccs2)n(-c2ccccc2)n1. The molecule has 1 aliphatic rings. The van der Waals surface area contributed by atoms with Gasteiger partial charge in [0, 0.05) is 25.2 Å². The van der Waals surface area contributed by atoms with Gasteiger partial charge < -0.3 is 10.2 Å². The van der Waals surface area contributed by atoms with Crippen molar-refractivity contribution < 1.29 is 9.59 Å². The molecule has 1 fully saturated rings. The molecule has 0 saturated carbocycles. The minimum absolute atomic E-state index is 0.122. The van der Waals surface area contributed by atoms with Crippen LogP contribution in [0.2, 0.25) is 0 Å². The highest BCUT2D eigenvalue weighted by Gasteiger charge is 2.22. The highest BCUT2D eigenvalue weighted by molar-refractivity contribution is 7.13. The number of hydrogen-bond donors (Lipinski definition) is 1. The molecule has 0 atom stereocenters. The molecule has 0 unspecified atom stereocenters. The third kappa shape index (κ3) is 4.04. The standard InChI is InChI=1S/C24H21N5O2S/c30-21-9-4-14-28(21)18-12-10-17(11-13-18)16-25-24(31)22-26-23(20-8-5-15-32-20)29(27-22)19-6-2-1-3-7-19/h1-3,5-8,10-13,15H,4,9,14,16H2,(H,25,31). The Kier molecular flexibility index (Phi) is 5.51. The summed E-state index contributed by atoms with van der Waals surface area (Å²) in [6.07, 6.45) is 1.50. The fraction of sp³-hybridized carbons (Fsp3) is 0.167. The number of nitrogens with one attached hydrogen (secondary N) is 1. The Labute approximate surface area is 189 Å². The van der Waals surface area contributed by atoms with Crippen LogP contribution < -0.4 is 10.2 Å². The summed E-state index contributed by atoms with van der Waals surface area (Å²) in [6, 6.07) is 21.2. The first-order valence-corrected chi connectivity index (χ1v) is 11.3. The molecule has 2 amide bonds. The van der Waals surface area contributed by atoms with Gasteiger partial charge in [-0.05, 0) is 47.7 Å². The van der Waals surface area contributed by atoms with Crippen LogP contribution in [-0.2, 0) is 11.3 Å². The molecule has 0 spiro atoms. The topological polar surface area (TPSA) is 80.1 Å². The second kappa shape index (κ2) is 8.76. The van der Waals surface area contributed by atoms with E-state index < -0.39 is 0 Å². The Morgan fingerprint density at radius 3 is 2.50 bits per heavy atom. The smallest absolute Gasteiger partial charge is 0.291 e. The Balaban J connectivity index is 1.32. The van der Waals surface area contributed by atoms with Gasteiger partial charge in [0.25, 0.3) is 5.91 Å². The molecule has 1 N–H and O–H groups in total. The number of rotatable bonds is 6. The molecular weight excluding hydrogens is 422 g/mol. The van der Waals surface area contributed by atoms with Gasteiger partial charge in [0.05, 0.1) is 10.6 Å². The first-order valence-electron chi connectivity index (χ1n) is 10.4. The minimum atomic E-state index is -0.337. The van der Waals surface area contributed by atoms with Crippen LogP contribution in [0.3, 0.4) is 0 Å². The van der Waals surface area contributed by atoms with Gasteiger partial charge in [-0.25, -0.2) is 9.67 Å². The highest BCUT2D eigenvalue weighted by atomic mass is 32.1. The molecule has 160 valence electrons. The molecule has 0 bridgehead atoms. The van der Waals surface area contributed by atoms with Gasteiger partial charge in [0.1, 0.15) is 0 Å². The second-order valence-corrected chi connectivity index (χ2v) is 8.43. The normalized spacial score (nSPS) is 13.5. The number of aromatic nitrogens is 3. The summed E-state index contributed by atoms with van der Waals surface area (Å²) in [5, 5.41) is 9.35. The summed E-state index contributed by atoms with van der Waals surface area (Å²) in [4.78, 5) is 32.0. The van der Waals surface area contributed by atoms with Crippen LogP contribution in [0.4, 0.5) is 5.69 Å². The van der Waals surface area contributed by atoms with Crippen molar-refractivity contribution in [2.75, 3.05) is 11.4 Å². The lowest BCUT2D eigenvalue weighted by Gasteiger charge is -2.15. The van der Waals surface area contributed by atoms with Crippen LogP contribution >= 0.6 is 11.3 Å². The number of carbonyl (C=O) groups is 2. The number of benzene rings is 2. The Bertz CT molecular complexity index is 1230. The van der Waals surface area contributed by atoms with Crippen molar-refractivity contribution in [3.8, 4) is 16.4 Å². The van der Waals surface area contributed by atoms with Crippen molar-refractivity contribution >= 4 is 28.8 Å². The van der Waals surface area contributed by atoms with E-state index in [9.17, 15) is 9.59 Å². The van der Waals surface area contributed by atoms with Crippen molar-refractivity contribution in [1.82, 2.24) is 20.1 Å². The van der Waals surface area contributed by atoms with Crippen LogP contribution in [-0.4, -0.2) is 33.1 Å². The quantitative estimate of drug-likeness (QED) is 0.488. The zero-order chi connectivity index (χ0) is 21.9. The second-order valence-electron chi connectivity index (χ2n) is 7.48. The van der Waals surface area contributed by atoms with Crippen LogP contribution in [0.5, 0.6) is 0 Å². The first-order chi connectivity index (χ1) is 15.7. The van der Waals surface area contributed by atoms with Crippen LogP contribution in [0, 0.1) is 0 Å². The summed E-state index contributed by atoms with van der Waals surface area (Å²) < 4.78 is 1.70.